The first-order valence-electron chi connectivity index (χ1n) is 6.39. The second-order valence-corrected chi connectivity index (χ2v) is 4.56. The molecule has 98 valence electrons. The fraction of sp³-hybridized carbons (Fsp3) is 0. The zero-order chi connectivity index (χ0) is 13.9. The summed E-state index contributed by atoms with van der Waals surface area (Å²) in [7, 11) is 0. The number of fused-ring (bicyclic) bond motifs is 1. The molecule has 0 radical (unpaired) electrons. The number of rotatable bonds is 3. The van der Waals surface area contributed by atoms with Gasteiger partial charge in [0.05, 0.1) is 5.69 Å². The molecule has 0 aliphatic rings. The van der Waals surface area contributed by atoms with E-state index >= 15 is 0 Å². The van der Waals surface area contributed by atoms with Crippen molar-refractivity contribution in [3.8, 4) is 11.3 Å². The van der Waals surface area contributed by atoms with Crippen LogP contribution in [0.4, 0.5) is 0 Å². The number of para-hydroxylation sites is 1. The SMILES string of the molecule is NC(=O)/C=C\c1c(-c2ccccc2)[nH]c2ccccc12. The van der Waals surface area contributed by atoms with Crippen molar-refractivity contribution in [2.45, 2.75) is 0 Å². The summed E-state index contributed by atoms with van der Waals surface area (Å²) in [5.41, 5.74) is 9.29. The van der Waals surface area contributed by atoms with E-state index in [9.17, 15) is 4.79 Å². The van der Waals surface area contributed by atoms with Crippen LogP contribution < -0.4 is 5.73 Å². The lowest BCUT2D eigenvalue weighted by Gasteiger charge is -2.00. The van der Waals surface area contributed by atoms with Crippen molar-refractivity contribution in [3.63, 3.8) is 0 Å². The van der Waals surface area contributed by atoms with Crippen LogP contribution in [0.3, 0.4) is 0 Å². The van der Waals surface area contributed by atoms with Gasteiger partial charge in [-0.3, -0.25) is 4.79 Å². The van der Waals surface area contributed by atoms with Gasteiger partial charge in [0.1, 0.15) is 0 Å². The third-order valence-electron chi connectivity index (χ3n) is 3.22. The Morgan fingerprint density at radius 2 is 1.70 bits per heavy atom. The van der Waals surface area contributed by atoms with Crippen LogP contribution in [0.5, 0.6) is 0 Å². The molecule has 0 saturated heterocycles. The van der Waals surface area contributed by atoms with Crippen molar-refractivity contribution in [2.75, 3.05) is 0 Å². The average Bonchev–Trinajstić information content (AvgIpc) is 2.84. The molecule has 0 bridgehead atoms. The van der Waals surface area contributed by atoms with E-state index in [1.807, 2.05) is 54.6 Å². The number of benzene rings is 2. The number of aromatic amines is 1. The molecule has 0 spiro atoms. The van der Waals surface area contributed by atoms with E-state index < -0.39 is 5.91 Å². The fourth-order valence-electron chi connectivity index (χ4n) is 2.33. The Hall–Kier alpha value is -2.81. The Kier molecular flexibility index (Phi) is 3.09. The summed E-state index contributed by atoms with van der Waals surface area (Å²) in [6, 6.07) is 18.0. The van der Waals surface area contributed by atoms with Gasteiger partial charge in [-0.05, 0) is 17.7 Å². The minimum absolute atomic E-state index is 0.450. The Morgan fingerprint density at radius 1 is 1.00 bits per heavy atom. The summed E-state index contributed by atoms with van der Waals surface area (Å²) < 4.78 is 0. The lowest BCUT2D eigenvalue weighted by Crippen LogP contribution is -2.05. The molecule has 3 nitrogen and oxygen atoms in total. The Morgan fingerprint density at radius 3 is 2.45 bits per heavy atom. The maximum absolute atomic E-state index is 11.0. The topological polar surface area (TPSA) is 58.9 Å². The van der Waals surface area contributed by atoms with E-state index in [0.717, 1.165) is 27.7 Å². The zero-order valence-electron chi connectivity index (χ0n) is 10.8. The van der Waals surface area contributed by atoms with Crippen LogP contribution in [0, 0.1) is 0 Å². The average molecular weight is 262 g/mol. The first-order chi connectivity index (χ1) is 9.75. The first-order valence-corrected chi connectivity index (χ1v) is 6.39. The van der Waals surface area contributed by atoms with Gasteiger partial charge in [-0.1, -0.05) is 48.5 Å². The monoisotopic (exact) mass is 262 g/mol. The Balaban J connectivity index is 2.25. The molecule has 3 N–H and O–H groups in total. The van der Waals surface area contributed by atoms with Crippen LogP contribution in [-0.2, 0) is 4.79 Å². The molecule has 0 aliphatic heterocycles. The quantitative estimate of drug-likeness (QED) is 0.699. The number of nitrogens with one attached hydrogen (secondary N) is 1. The number of H-pyrrole nitrogens is 1. The molecule has 0 aliphatic carbocycles. The lowest BCUT2D eigenvalue weighted by atomic mass is 10.0. The number of aromatic nitrogens is 1. The molecule has 20 heavy (non-hydrogen) atoms. The van der Waals surface area contributed by atoms with Crippen molar-refractivity contribution in [2.24, 2.45) is 5.73 Å². The molecule has 0 fully saturated rings. The maximum Gasteiger partial charge on any atom is 0.241 e. The predicted molar refractivity (Wildman–Crippen MR) is 82.0 cm³/mol. The van der Waals surface area contributed by atoms with Gasteiger partial charge in [0, 0.05) is 22.5 Å². The van der Waals surface area contributed by atoms with Crippen molar-refractivity contribution in [1.82, 2.24) is 4.98 Å². The molecule has 1 amide bonds. The first kappa shape index (κ1) is 12.2. The number of carbonyl (C=O) groups is 1. The number of hydrogen-bond acceptors (Lipinski definition) is 1. The molecule has 0 atom stereocenters. The van der Waals surface area contributed by atoms with Crippen molar-refractivity contribution < 1.29 is 4.79 Å². The van der Waals surface area contributed by atoms with E-state index in [1.54, 1.807) is 6.08 Å². The number of primary amides is 1. The zero-order valence-corrected chi connectivity index (χ0v) is 10.8. The van der Waals surface area contributed by atoms with Crippen LogP contribution in [0.2, 0.25) is 0 Å². The predicted octanol–water partition coefficient (Wildman–Crippen LogP) is 3.33. The van der Waals surface area contributed by atoms with Gasteiger partial charge in [0.2, 0.25) is 5.91 Å². The highest BCUT2D eigenvalue weighted by Gasteiger charge is 2.10. The maximum atomic E-state index is 11.0. The molecule has 1 aromatic heterocycles. The Labute approximate surface area is 116 Å². The minimum Gasteiger partial charge on any atom is -0.366 e. The normalized spacial score (nSPS) is 11.2. The standard InChI is InChI=1S/C17H14N2O/c18-16(20)11-10-14-13-8-4-5-9-15(13)19-17(14)12-6-2-1-3-7-12/h1-11,19H,(H2,18,20)/b11-10-. The highest BCUT2D eigenvalue weighted by atomic mass is 16.1. The lowest BCUT2D eigenvalue weighted by molar-refractivity contribution is -0.113. The van der Waals surface area contributed by atoms with Gasteiger partial charge < -0.3 is 10.7 Å². The minimum atomic E-state index is -0.450. The summed E-state index contributed by atoms with van der Waals surface area (Å²) >= 11 is 0. The van der Waals surface area contributed by atoms with Crippen LogP contribution in [0.1, 0.15) is 5.56 Å². The molecular formula is C17H14N2O. The molecule has 3 aromatic rings. The smallest absolute Gasteiger partial charge is 0.241 e. The molecule has 2 aromatic carbocycles. The largest absolute Gasteiger partial charge is 0.366 e. The van der Waals surface area contributed by atoms with Gasteiger partial charge in [-0.15, -0.1) is 0 Å². The van der Waals surface area contributed by atoms with Crippen molar-refractivity contribution in [1.29, 1.82) is 0 Å². The number of carbonyl (C=O) groups excluding carboxylic acids is 1. The molecular weight excluding hydrogens is 248 g/mol. The van der Waals surface area contributed by atoms with E-state index in [1.165, 1.54) is 6.08 Å². The Bertz CT molecular complexity index is 785. The van der Waals surface area contributed by atoms with Gasteiger partial charge in [-0.2, -0.15) is 0 Å². The molecule has 0 saturated carbocycles. The summed E-state index contributed by atoms with van der Waals surface area (Å²) in [6.07, 6.45) is 3.16. The van der Waals surface area contributed by atoms with Gasteiger partial charge >= 0.3 is 0 Å². The second-order valence-electron chi connectivity index (χ2n) is 4.56. The third kappa shape index (κ3) is 2.21. The molecule has 1 heterocycles. The summed E-state index contributed by atoms with van der Waals surface area (Å²) in [6.45, 7) is 0. The number of amides is 1. The number of nitrogens with two attached hydrogens (primary N) is 1. The van der Waals surface area contributed by atoms with Crippen LogP contribution in [-0.4, -0.2) is 10.9 Å². The summed E-state index contributed by atoms with van der Waals surface area (Å²) in [5, 5.41) is 1.07. The second kappa shape index (κ2) is 5.05. The van der Waals surface area contributed by atoms with Crippen LogP contribution in [0.15, 0.2) is 60.7 Å². The van der Waals surface area contributed by atoms with E-state index in [0.29, 0.717) is 0 Å². The fourth-order valence-corrected chi connectivity index (χ4v) is 2.33. The van der Waals surface area contributed by atoms with Crippen molar-refractivity contribution >= 4 is 22.9 Å². The summed E-state index contributed by atoms with van der Waals surface area (Å²) in [4.78, 5) is 14.4. The van der Waals surface area contributed by atoms with E-state index in [4.69, 9.17) is 5.73 Å². The van der Waals surface area contributed by atoms with E-state index in [-0.39, 0.29) is 0 Å². The van der Waals surface area contributed by atoms with Crippen LogP contribution >= 0.6 is 0 Å². The molecule has 3 heteroatoms. The molecule has 0 unspecified atom stereocenters. The van der Waals surface area contributed by atoms with Gasteiger partial charge in [-0.25, -0.2) is 0 Å². The van der Waals surface area contributed by atoms with E-state index in [2.05, 4.69) is 4.98 Å². The van der Waals surface area contributed by atoms with Gasteiger partial charge in [0.25, 0.3) is 0 Å². The highest BCUT2D eigenvalue weighted by molar-refractivity contribution is 6.00. The highest BCUT2D eigenvalue weighted by Crippen LogP contribution is 2.31. The summed E-state index contributed by atoms with van der Waals surface area (Å²) in [5.74, 6) is -0.450. The molecule has 3 rings (SSSR count). The third-order valence-corrected chi connectivity index (χ3v) is 3.22. The van der Waals surface area contributed by atoms with Gasteiger partial charge in [0.15, 0.2) is 0 Å². The van der Waals surface area contributed by atoms with Crippen molar-refractivity contribution in [3.05, 3.63) is 66.2 Å². The number of hydrogen-bond donors (Lipinski definition) is 2. The van der Waals surface area contributed by atoms with Crippen LogP contribution in [0.25, 0.3) is 28.2 Å².